The van der Waals surface area contributed by atoms with Gasteiger partial charge in [0.15, 0.2) is 0 Å². The molecule has 14 heavy (non-hydrogen) atoms. The SMILES string of the molecule is CC(C)(CN)C(=O)NC1CC=CCC1. The van der Waals surface area contributed by atoms with Crippen LogP contribution >= 0.6 is 0 Å². The van der Waals surface area contributed by atoms with Gasteiger partial charge in [-0.05, 0) is 33.1 Å². The number of nitrogens with one attached hydrogen (secondary N) is 1. The van der Waals surface area contributed by atoms with Gasteiger partial charge in [0.1, 0.15) is 0 Å². The van der Waals surface area contributed by atoms with Gasteiger partial charge in [-0.2, -0.15) is 0 Å². The fourth-order valence-electron chi connectivity index (χ4n) is 1.40. The number of rotatable bonds is 3. The Morgan fingerprint density at radius 3 is 2.79 bits per heavy atom. The Bertz CT molecular complexity index is 233. The average Bonchev–Trinajstić information content (AvgIpc) is 2.19. The smallest absolute Gasteiger partial charge is 0.227 e. The molecule has 80 valence electrons. The van der Waals surface area contributed by atoms with Crippen LogP contribution in [0.1, 0.15) is 33.1 Å². The second-order valence-electron chi connectivity index (χ2n) is 4.54. The normalized spacial score (nSPS) is 22.1. The van der Waals surface area contributed by atoms with Crippen LogP contribution in [0.5, 0.6) is 0 Å². The van der Waals surface area contributed by atoms with Crippen LogP contribution in [-0.2, 0) is 4.79 Å². The van der Waals surface area contributed by atoms with E-state index in [1.54, 1.807) is 0 Å². The first-order valence-corrected chi connectivity index (χ1v) is 5.22. The third kappa shape index (κ3) is 2.84. The largest absolute Gasteiger partial charge is 0.353 e. The molecule has 0 fully saturated rings. The van der Waals surface area contributed by atoms with Gasteiger partial charge in [0.25, 0.3) is 0 Å². The number of hydrogen-bond donors (Lipinski definition) is 2. The monoisotopic (exact) mass is 196 g/mol. The van der Waals surface area contributed by atoms with Crippen molar-refractivity contribution in [3.63, 3.8) is 0 Å². The molecule has 0 aromatic heterocycles. The second kappa shape index (κ2) is 4.60. The zero-order valence-electron chi connectivity index (χ0n) is 9.05. The summed E-state index contributed by atoms with van der Waals surface area (Å²) >= 11 is 0. The molecule has 0 spiro atoms. The molecule has 3 N–H and O–H groups in total. The summed E-state index contributed by atoms with van der Waals surface area (Å²) in [6.07, 6.45) is 7.35. The van der Waals surface area contributed by atoms with Crippen molar-refractivity contribution in [3.8, 4) is 0 Å². The number of amides is 1. The van der Waals surface area contributed by atoms with E-state index in [1.165, 1.54) is 0 Å². The molecular weight excluding hydrogens is 176 g/mol. The summed E-state index contributed by atoms with van der Waals surface area (Å²) in [4.78, 5) is 11.7. The highest BCUT2D eigenvalue weighted by Crippen LogP contribution is 2.16. The Balaban J connectivity index is 2.44. The number of allylic oxidation sites excluding steroid dienone is 1. The Morgan fingerprint density at radius 1 is 1.57 bits per heavy atom. The van der Waals surface area contributed by atoms with Gasteiger partial charge < -0.3 is 11.1 Å². The van der Waals surface area contributed by atoms with Crippen LogP contribution in [0.3, 0.4) is 0 Å². The van der Waals surface area contributed by atoms with E-state index in [-0.39, 0.29) is 5.91 Å². The van der Waals surface area contributed by atoms with Crippen LogP contribution in [0.2, 0.25) is 0 Å². The van der Waals surface area contributed by atoms with Crippen molar-refractivity contribution in [2.24, 2.45) is 11.1 Å². The summed E-state index contributed by atoms with van der Waals surface area (Å²) in [5.41, 5.74) is 5.09. The maximum absolute atomic E-state index is 11.7. The van der Waals surface area contributed by atoms with Crippen molar-refractivity contribution < 1.29 is 4.79 Å². The highest BCUT2D eigenvalue weighted by Gasteiger charge is 2.27. The van der Waals surface area contributed by atoms with E-state index >= 15 is 0 Å². The molecule has 0 aromatic carbocycles. The van der Waals surface area contributed by atoms with Crippen molar-refractivity contribution >= 4 is 5.91 Å². The summed E-state index contributed by atoms with van der Waals surface area (Å²) in [6.45, 7) is 4.14. The van der Waals surface area contributed by atoms with Gasteiger partial charge in [-0.3, -0.25) is 4.79 Å². The van der Waals surface area contributed by atoms with Gasteiger partial charge in [0.2, 0.25) is 5.91 Å². The fourth-order valence-corrected chi connectivity index (χ4v) is 1.40. The molecule has 3 heteroatoms. The second-order valence-corrected chi connectivity index (χ2v) is 4.54. The topological polar surface area (TPSA) is 55.1 Å². The number of hydrogen-bond acceptors (Lipinski definition) is 2. The van der Waals surface area contributed by atoms with E-state index in [2.05, 4.69) is 17.5 Å². The highest BCUT2D eigenvalue weighted by molar-refractivity contribution is 5.82. The van der Waals surface area contributed by atoms with Crippen LogP contribution in [0.15, 0.2) is 12.2 Å². The lowest BCUT2D eigenvalue weighted by molar-refractivity contribution is -0.129. The maximum Gasteiger partial charge on any atom is 0.227 e. The van der Waals surface area contributed by atoms with E-state index < -0.39 is 5.41 Å². The third-order valence-corrected chi connectivity index (χ3v) is 2.73. The first-order valence-electron chi connectivity index (χ1n) is 5.22. The maximum atomic E-state index is 11.7. The standard InChI is InChI=1S/C11H20N2O/c1-11(2,8-12)10(14)13-9-6-4-3-5-7-9/h3-4,9H,5-8,12H2,1-2H3,(H,13,14). The lowest BCUT2D eigenvalue weighted by atomic mass is 9.91. The van der Waals surface area contributed by atoms with Crippen LogP contribution in [0.4, 0.5) is 0 Å². The molecule has 0 heterocycles. The van der Waals surface area contributed by atoms with Crippen LogP contribution in [0.25, 0.3) is 0 Å². The van der Waals surface area contributed by atoms with Crippen molar-refractivity contribution in [1.82, 2.24) is 5.32 Å². The first-order chi connectivity index (χ1) is 6.56. The summed E-state index contributed by atoms with van der Waals surface area (Å²) in [5, 5.41) is 3.04. The Hall–Kier alpha value is -0.830. The van der Waals surface area contributed by atoms with Gasteiger partial charge in [0, 0.05) is 12.6 Å². The summed E-state index contributed by atoms with van der Waals surface area (Å²) in [7, 11) is 0. The van der Waals surface area contributed by atoms with Gasteiger partial charge in [0.05, 0.1) is 5.41 Å². The predicted octanol–water partition coefficient (Wildman–Crippen LogP) is 1.20. The first kappa shape index (κ1) is 11.2. The van der Waals surface area contributed by atoms with Crippen molar-refractivity contribution in [2.75, 3.05) is 6.54 Å². The van der Waals surface area contributed by atoms with Gasteiger partial charge in [-0.25, -0.2) is 0 Å². The van der Waals surface area contributed by atoms with Crippen LogP contribution in [0, 0.1) is 5.41 Å². The summed E-state index contributed by atoms with van der Waals surface area (Å²) in [5.74, 6) is 0.0697. The predicted molar refractivity (Wildman–Crippen MR) is 57.8 cm³/mol. The van der Waals surface area contributed by atoms with E-state index in [1.807, 2.05) is 13.8 Å². The zero-order chi connectivity index (χ0) is 10.6. The average molecular weight is 196 g/mol. The zero-order valence-corrected chi connectivity index (χ0v) is 9.05. The molecule has 0 saturated heterocycles. The number of carbonyl (C=O) groups excluding carboxylic acids is 1. The van der Waals surface area contributed by atoms with E-state index in [4.69, 9.17) is 5.73 Å². The molecule has 0 bridgehead atoms. The Morgan fingerprint density at radius 2 is 2.29 bits per heavy atom. The summed E-state index contributed by atoms with van der Waals surface area (Å²) < 4.78 is 0. The number of carbonyl (C=O) groups is 1. The molecule has 0 aliphatic heterocycles. The minimum atomic E-state index is -0.443. The molecule has 3 nitrogen and oxygen atoms in total. The van der Waals surface area contributed by atoms with E-state index in [0.717, 1.165) is 19.3 Å². The lowest BCUT2D eigenvalue weighted by Crippen LogP contribution is -2.46. The van der Waals surface area contributed by atoms with Crippen LogP contribution in [-0.4, -0.2) is 18.5 Å². The van der Waals surface area contributed by atoms with E-state index in [9.17, 15) is 4.79 Å². The van der Waals surface area contributed by atoms with Crippen molar-refractivity contribution in [2.45, 2.75) is 39.2 Å². The minimum absolute atomic E-state index is 0.0697. The molecular formula is C11H20N2O. The molecule has 0 saturated carbocycles. The van der Waals surface area contributed by atoms with Crippen molar-refractivity contribution in [1.29, 1.82) is 0 Å². The molecule has 1 amide bonds. The molecule has 0 radical (unpaired) electrons. The molecule has 1 rings (SSSR count). The molecule has 1 unspecified atom stereocenters. The quantitative estimate of drug-likeness (QED) is 0.666. The van der Waals surface area contributed by atoms with Gasteiger partial charge in [-0.15, -0.1) is 0 Å². The van der Waals surface area contributed by atoms with Gasteiger partial charge >= 0.3 is 0 Å². The summed E-state index contributed by atoms with van der Waals surface area (Å²) in [6, 6.07) is 0.304. The fraction of sp³-hybridized carbons (Fsp3) is 0.727. The lowest BCUT2D eigenvalue weighted by Gasteiger charge is -2.26. The minimum Gasteiger partial charge on any atom is -0.353 e. The molecule has 1 aliphatic rings. The molecule has 0 aromatic rings. The molecule has 1 aliphatic carbocycles. The Labute approximate surface area is 85.7 Å². The van der Waals surface area contributed by atoms with Crippen molar-refractivity contribution in [3.05, 3.63) is 12.2 Å². The van der Waals surface area contributed by atoms with Crippen LogP contribution < -0.4 is 11.1 Å². The number of nitrogens with two attached hydrogens (primary N) is 1. The Kier molecular flexibility index (Phi) is 3.69. The third-order valence-electron chi connectivity index (χ3n) is 2.73. The molecule has 1 atom stereocenters. The highest BCUT2D eigenvalue weighted by atomic mass is 16.2. The van der Waals surface area contributed by atoms with E-state index in [0.29, 0.717) is 12.6 Å². The van der Waals surface area contributed by atoms with Gasteiger partial charge in [-0.1, -0.05) is 12.2 Å².